The molecule has 3 nitrogen and oxygen atoms in total. The van der Waals surface area contributed by atoms with E-state index in [1.54, 1.807) is 0 Å². The van der Waals surface area contributed by atoms with E-state index < -0.39 is 0 Å². The van der Waals surface area contributed by atoms with Gasteiger partial charge in [-0.1, -0.05) is 32.3 Å². The molecule has 0 spiro atoms. The summed E-state index contributed by atoms with van der Waals surface area (Å²) in [5, 5.41) is 3.09. The molecule has 0 bridgehead atoms. The number of benzene rings is 1. The summed E-state index contributed by atoms with van der Waals surface area (Å²) in [6.07, 6.45) is 9.85. The van der Waals surface area contributed by atoms with E-state index in [1.807, 2.05) is 4.90 Å². The number of urea groups is 1. The van der Waals surface area contributed by atoms with Gasteiger partial charge < -0.3 is 10.2 Å². The summed E-state index contributed by atoms with van der Waals surface area (Å²) < 4.78 is 0. The molecule has 0 radical (unpaired) electrons. The average Bonchev–Trinajstić information content (AvgIpc) is 3.01. The maximum absolute atomic E-state index is 12.4. The van der Waals surface area contributed by atoms with Gasteiger partial charge in [-0.15, -0.1) is 0 Å². The Kier molecular flexibility index (Phi) is 5.01. The van der Waals surface area contributed by atoms with Gasteiger partial charge in [0.1, 0.15) is 0 Å². The average molecular weight is 300 g/mol. The monoisotopic (exact) mass is 300 g/mol. The molecule has 2 aliphatic rings. The lowest BCUT2D eigenvalue weighted by Crippen LogP contribution is -2.41. The van der Waals surface area contributed by atoms with Gasteiger partial charge in [-0.25, -0.2) is 4.79 Å². The molecule has 22 heavy (non-hydrogen) atoms. The highest BCUT2D eigenvalue weighted by Crippen LogP contribution is 2.26. The van der Waals surface area contributed by atoms with Crippen LogP contribution in [-0.4, -0.2) is 24.0 Å². The second-order valence-corrected chi connectivity index (χ2v) is 6.84. The number of carbonyl (C=O) groups excluding carboxylic acids is 1. The van der Waals surface area contributed by atoms with Gasteiger partial charge in [-0.05, 0) is 61.3 Å². The summed E-state index contributed by atoms with van der Waals surface area (Å²) in [4.78, 5) is 14.4. The lowest BCUT2D eigenvalue weighted by atomic mass is 9.92. The van der Waals surface area contributed by atoms with E-state index in [0.717, 1.165) is 44.0 Å². The first-order valence-corrected chi connectivity index (χ1v) is 8.94. The van der Waals surface area contributed by atoms with Gasteiger partial charge in [0.2, 0.25) is 0 Å². The van der Waals surface area contributed by atoms with Crippen LogP contribution in [0.4, 0.5) is 10.5 Å². The highest BCUT2D eigenvalue weighted by molar-refractivity contribution is 5.89. The molecule has 0 aromatic heterocycles. The van der Waals surface area contributed by atoms with Crippen molar-refractivity contribution in [1.82, 2.24) is 4.90 Å². The smallest absolute Gasteiger partial charge is 0.321 e. The normalized spacial score (nSPS) is 18.3. The molecule has 2 amide bonds. The minimum Gasteiger partial charge on any atom is -0.325 e. The quantitative estimate of drug-likeness (QED) is 0.865. The third-order valence-electron chi connectivity index (χ3n) is 5.22. The number of hydrogen-bond donors (Lipinski definition) is 1. The molecule has 1 fully saturated rings. The summed E-state index contributed by atoms with van der Waals surface area (Å²) in [6, 6.07) is 6.46. The Labute approximate surface area is 134 Å². The second-order valence-electron chi connectivity index (χ2n) is 6.84. The molecule has 120 valence electrons. The maximum Gasteiger partial charge on any atom is 0.321 e. The Morgan fingerprint density at radius 1 is 1.23 bits per heavy atom. The van der Waals surface area contributed by atoms with Crippen molar-refractivity contribution in [3.05, 3.63) is 29.3 Å². The lowest BCUT2D eigenvalue weighted by Gasteiger charge is -2.32. The molecule has 1 aromatic carbocycles. The van der Waals surface area contributed by atoms with Crippen LogP contribution in [0.2, 0.25) is 0 Å². The molecule has 1 aliphatic heterocycles. The Morgan fingerprint density at radius 2 is 2.00 bits per heavy atom. The van der Waals surface area contributed by atoms with Crippen molar-refractivity contribution in [3.8, 4) is 0 Å². The Bertz CT molecular complexity index is 518. The summed E-state index contributed by atoms with van der Waals surface area (Å²) in [5.41, 5.74) is 3.82. The Balaban J connectivity index is 1.50. The number of piperidine rings is 1. The van der Waals surface area contributed by atoms with E-state index in [9.17, 15) is 4.79 Å². The standard InChI is InChI=1S/C19H28N2O/c1-2-3-5-15-10-12-21(13-11-15)19(22)20-18-9-8-16-6-4-7-17(16)14-18/h8-9,14-15H,2-7,10-13H2,1H3,(H,20,22). The van der Waals surface area contributed by atoms with Crippen LogP contribution >= 0.6 is 0 Å². The molecular formula is C19H28N2O. The summed E-state index contributed by atoms with van der Waals surface area (Å²) in [6.45, 7) is 4.06. The van der Waals surface area contributed by atoms with E-state index in [-0.39, 0.29) is 6.03 Å². The van der Waals surface area contributed by atoms with Crippen molar-refractivity contribution >= 4 is 11.7 Å². The van der Waals surface area contributed by atoms with E-state index in [0.29, 0.717) is 0 Å². The number of hydrogen-bond acceptors (Lipinski definition) is 1. The fourth-order valence-corrected chi connectivity index (χ4v) is 3.77. The molecule has 3 heteroatoms. The number of fused-ring (bicyclic) bond motifs is 1. The van der Waals surface area contributed by atoms with Gasteiger partial charge in [0, 0.05) is 18.8 Å². The minimum atomic E-state index is 0.0758. The number of likely N-dealkylation sites (tertiary alicyclic amines) is 1. The van der Waals surface area contributed by atoms with Crippen LogP contribution in [0.15, 0.2) is 18.2 Å². The van der Waals surface area contributed by atoms with Crippen molar-refractivity contribution < 1.29 is 4.79 Å². The van der Waals surface area contributed by atoms with Gasteiger partial charge in [-0.3, -0.25) is 0 Å². The van der Waals surface area contributed by atoms with Crippen LogP contribution in [0.3, 0.4) is 0 Å². The highest BCUT2D eigenvalue weighted by Gasteiger charge is 2.22. The van der Waals surface area contributed by atoms with E-state index in [4.69, 9.17) is 0 Å². The fourth-order valence-electron chi connectivity index (χ4n) is 3.77. The SMILES string of the molecule is CCCCC1CCN(C(=O)Nc2ccc3c(c2)CCC3)CC1. The third kappa shape index (κ3) is 3.63. The minimum absolute atomic E-state index is 0.0758. The topological polar surface area (TPSA) is 32.3 Å². The summed E-state index contributed by atoms with van der Waals surface area (Å²) in [7, 11) is 0. The molecule has 0 unspecified atom stereocenters. The van der Waals surface area contributed by atoms with E-state index >= 15 is 0 Å². The number of aryl methyl sites for hydroxylation is 2. The molecule has 1 aliphatic carbocycles. The zero-order valence-electron chi connectivity index (χ0n) is 13.7. The number of carbonyl (C=O) groups is 1. The van der Waals surface area contributed by atoms with Crippen molar-refractivity contribution in [2.45, 2.75) is 58.3 Å². The van der Waals surface area contributed by atoms with Crippen LogP contribution in [0.5, 0.6) is 0 Å². The number of rotatable bonds is 4. The predicted octanol–water partition coefficient (Wildman–Crippen LogP) is 4.61. The van der Waals surface area contributed by atoms with Gasteiger partial charge in [-0.2, -0.15) is 0 Å². The number of anilines is 1. The number of amides is 2. The second kappa shape index (κ2) is 7.17. The zero-order valence-corrected chi connectivity index (χ0v) is 13.7. The molecule has 1 aromatic rings. The molecule has 1 N–H and O–H groups in total. The molecule has 1 saturated heterocycles. The lowest BCUT2D eigenvalue weighted by molar-refractivity contribution is 0.179. The van der Waals surface area contributed by atoms with Gasteiger partial charge in [0.25, 0.3) is 0 Å². The van der Waals surface area contributed by atoms with E-state index in [2.05, 4.69) is 30.4 Å². The maximum atomic E-state index is 12.4. The van der Waals surface area contributed by atoms with Gasteiger partial charge >= 0.3 is 6.03 Å². The number of nitrogens with zero attached hydrogens (tertiary/aromatic N) is 1. The van der Waals surface area contributed by atoms with Gasteiger partial charge in [0.15, 0.2) is 0 Å². The number of unbranched alkanes of at least 4 members (excludes halogenated alkanes) is 1. The largest absolute Gasteiger partial charge is 0.325 e. The number of nitrogens with one attached hydrogen (secondary N) is 1. The predicted molar refractivity (Wildman–Crippen MR) is 91.3 cm³/mol. The van der Waals surface area contributed by atoms with Crippen LogP contribution < -0.4 is 5.32 Å². The van der Waals surface area contributed by atoms with E-state index in [1.165, 1.54) is 43.2 Å². The Morgan fingerprint density at radius 3 is 2.77 bits per heavy atom. The van der Waals surface area contributed by atoms with Crippen molar-refractivity contribution in [1.29, 1.82) is 0 Å². The van der Waals surface area contributed by atoms with Crippen molar-refractivity contribution in [2.75, 3.05) is 18.4 Å². The first-order chi connectivity index (χ1) is 10.8. The summed E-state index contributed by atoms with van der Waals surface area (Å²) >= 11 is 0. The van der Waals surface area contributed by atoms with Crippen LogP contribution in [0.25, 0.3) is 0 Å². The van der Waals surface area contributed by atoms with Gasteiger partial charge in [0.05, 0.1) is 0 Å². The van der Waals surface area contributed by atoms with Crippen LogP contribution in [0, 0.1) is 5.92 Å². The van der Waals surface area contributed by atoms with Crippen molar-refractivity contribution in [3.63, 3.8) is 0 Å². The zero-order chi connectivity index (χ0) is 15.4. The first-order valence-electron chi connectivity index (χ1n) is 8.94. The fraction of sp³-hybridized carbons (Fsp3) is 0.632. The van der Waals surface area contributed by atoms with Crippen LogP contribution in [-0.2, 0) is 12.8 Å². The Hall–Kier alpha value is -1.51. The van der Waals surface area contributed by atoms with Crippen molar-refractivity contribution in [2.24, 2.45) is 5.92 Å². The highest BCUT2D eigenvalue weighted by atomic mass is 16.2. The summed E-state index contributed by atoms with van der Waals surface area (Å²) in [5.74, 6) is 0.823. The molecule has 0 saturated carbocycles. The molecule has 1 heterocycles. The molecule has 0 atom stereocenters. The first kappa shape index (κ1) is 15.4. The third-order valence-corrected chi connectivity index (χ3v) is 5.22. The molecule has 3 rings (SSSR count). The van der Waals surface area contributed by atoms with Crippen LogP contribution in [0.1, 0.15) is 56.6 Å². The molecular weight excluding hydrogens is 272 g/mol.